The minimum atomic E-state index is -1.00. The molecule has 0 fully saturated rings. The van der Waals surface area contributed by atoms with Gasteiger partial charge in [0.05, 0.1) is 12.5 Å². The molecule has 0 bridgehead atoms. The number of carbonyl (C=O) groups excluding carboxylic acids is 2. The van der Waals surface area contributed by atoms with Gasteiger partial charge in [-0.1, -0.05) is 48.5 Å². The molecule has 0 saturated heterocycles. The zero-order valence-electron chi connectivity index (χ0n) is 18.2. The van der Waals surface area contributed by atoms with Crippen LogP contribution in [0.4, 0.5) is 4.79 Å². The highest BCUT2D eigenvalue weighted by Crippen LogP contribution is 2.44. The number of nitrogens with one attached hydrogen (secondary N) is 2. The Bertz CT molecular complexity index is 931. The summed E-state index contributed by atoms with van der Waals surface area (Å²) in [6, 6.07) is 15.7. The predicted octanol–water partition coefficient (Wildman–Crippen LogP) is 2.91. The van der Waals surface area contributed by atoms with Gasteiger partial charge in [-0.25, -0.2) is 4.79 Å². The summed E-state index contributed by atoms with van der Waals surface area (Å²) in [7, 11) is 1.39. The van der Waals surface area contributed by atoms with Gasteiger partial charge in [-0.2, -0.15) is 0 Å². The van der Waals surface area contributed by atoms with Gasteiger partial charge in [0.1, 0.15) is 6.61 Å². The zero-order chi connectivity index (χ0) is 23.1. The number of alkyl carbamates (subject to hydrolysis) is 1. The highest BCUT2D eigenvalue weighted by Gasteiger charge is 2.29. The highest BCUT2D eigenvalue weighted by molar-refractivity contribution is 5.79. The van der Waals surface area contributed by atoms with Crippen molar-refractivity contribution >= 4 is 18.0 Å². The van der Waals surface area contributed by atoms with E-state index >= 15 is 0 Å². The molecule has 0 aromatic heterocycles. The third-order valence-electron chi connectivity index (χ3n) is 5.46. The van der Waals surface area contributed by atoms with Crippen molar-refractivity contribution in [3.63, 3.8) is 0 Å². The molecule has 32 heavy (non-hydrogen) atoms. The van der Waals surface area contributed by atoms with Crippen molar-refractivity contribution in [1.29, 1.82) is 0 Å². The van der Waals surface area contributed by atoms with Crippen LogP contribution in [-0.4, -0.2) is 55.5 Å². The van der Waals surface area contributed by atoms with E-state index in [1.165, 1.54) is 7.11 Å². The van der Waals surface area contributed by atoms with Crippen LogP contribution in [0.25, 0.3) is 11.1 Å². The van der Waals surface area contributed by atoms with Crippen LogP contribution >= 0.6 is 0 Å². The lowest BCUT2D eigenvalue weighted by atomic mass is 9.98. The van der Waals surface area contributed by atoms with Gasteiger partial charge in [0.15, 0.2) is 0 Å². The molecule has 1 unspecified atom stereocenters. The lowest BCUT2D eigenvalue weighted by molar-refractivity contribution is -0.140. The van der Waals surface area contributed by atoms with Crippen LogP contribution in [0.1, 0.15) is 36.8 Å². The third-order valence-corrected chi connectivity index (χ3v) is 5.46. The fourth-order valence-electron chi connectivity index (χ4n) is 3.90. The number of hydrogen-bond donors (Lipinski definition) is 3. The van der Waals surface area contributed by atoms with Gasteiger partial charge in [0.25, 0.3) is 0 Å². The van der Waals surface area contributed by atoms with Gasteiger partial charge in [-0.05, 0) is 29.2 Å². The number of methoxy groups -OCH3 is 1. The average molecular weight is 440 g/mol. The fourth-order valence-corrected chi connectivity index (χ4v) is 3.90. The van der Waals surface area contributed by atoms with Gasteiger partial charge in [0, 0.05) is 32.0 Å². The van der Waals surface area contributed by atoms with Gasteiger partial charge < -0.3 is 25.2 Å². The molecule has 0 saturated carbocycles. The number of aliphatic carboxylic acids is 1. The van der Waals surface area contributed by atoms with E-state index in [1.807, 2.05) is 36.4 Å². The summed E-state index contributed by atoms with van der Waals surface area (Å²) in [5, 5.41) is 14.1. The maximum Gasteiger partial charge on any atom is 0.407 e. The number of hydrogen-bond acceptors (Lipinski definition) is 5. The lowest BCUT2D eigenvalue weighted by Crippen LogP contribution is -2.40. The molecule has 1 aliphatic rings. The second-order valence-corrected chi connectivity index (χ2v) is 7.83. The molecule has 0 aliphatic heterocycles. The zero-order valence-corrected chi connectivity index (χ0v) is 18.2. The minimum absolute atomic E-state index is 0.0352. The average Bonchev–Trinajstić information content (AvgIpc) is 3.08. The Morgan fingerprint density at radius 3 is 2.16 bits per heavy atom. The first-order valence-electron chi connectivity index (χ1n) is 10.5. The molecule has 1 aliphatic carbocycles. The van der Waals surface area contributed by atoms with E-state index in [-0.39, 0.29) is 37.8 Å². The Morgan fingerprint density at radius 2 is 1.59 bits per heavy atom. The number of fused-ring (bicyclic) bond motifs is 3. The molecule has 2 amide bonds. The van der Waals surface area contributed by atoms with Crippen LogP contribution < -0.4 is 10.6 Å². The SMILES string of the molecule is COC(CNC(=O)C[C@H](C)NC(=O)OCC1c2ccccc2-c2ccccc21)CC(=O)O. The summed E-state index contributed by atoms with van der Waals surface area (Å²) in [4.78, 5) is 35.1. The Balaban J connectivity index is 1.47. The Morgan fingerprint density at radius 1 is 1.00 bits per heavy atom. The number of amides is 2. The summed E-state index contributed by atoms with van der Waals surface area (Å²) in [6.45, 7) is 1.98. The van der Waals surface area contributed by atoms with Crippen molar-refractivity contribution < 1.29 is 29.0 Å². The van der Waals surface area contributed by atoms with E-state index in [0.717, 1.165) is 22.3 Å². The molecule has 0 heterocycles. The minimum Gasteiger partial charge on any atom is -0.481 e. The quantitative estimate of drug-likeness (QED) is 0.524. The number of carboxylic acid groups (broad SMARTS) is 1. The van der Waals surface area contributed by atoms with E-state index in [9.17, 15) is 14.4 Å². The van der Waals surface area contributed by atoms with Crippen LogP contribution in [0.3, 0.4) is 0 Å². The van der Waals surface area contributed by atoms with Crippen molar-refractivity contribution in [2.75, 3.05) is 20.3 Å². The molecule has 2 aromatic rings. The van der Waals surface area contributed by atoms with Gasteiger partial charge >= 0.3 is 12.1 Å². The topological polar surface area (TPSA) is 114 Å². The van der Waals surface area contributed by atoms with Crippen molar-refractivity contribution in [1.82, 2.24) is 10.6 Å². The molecule has 8 nitrogen and oxygen atoms in total. The summed E-state index contributed by atoms with van der Waals surface area (Å²) in [5.74, 6) is -1.35. The summed E-state index contributed by atoms with van der Waals surface area (Å²) in [5.41, 5.74) is 4.56. The fraction of sp³-hybridized carbons (Fsp3) is 0.375. The standard InChI is InChI=1S/C24H28N2O6/c1-15(11-22(27)25-13-16(31-2)12-23(28)29)26-24(30)32-14-21-19-9-5-3-7-17(19)18-8-4-6-10-20(18)21/h3-10,15-16,21H,11-14H2,1-2H3,(H,25,27)(H,26,30)(H,28,29)/t15-,16?/m0/s1. The van der Waals surface area contributed by atoms with Crippen LogP contribution in [0.15, 0.2) is 48.5 Å². The van der Waals surface area contributed by atoms with Crippen LogP contribution in [0, 0.1) is 0 Å². The Kier molecular flexibility index (Phi) is 7.83. The molecule has 2 atom stereocenters. The summed E-state index contributed by atoms with van der Waals surface area (Å²) >= 11 is 0. The van der Waals surface area contributed by atoms with Crippen molar-refractivity contribution in [3.8, 4) is 11.1 Å². The number of benzene rings is 2. The molecular weight excluding hydrogens is 412 g/mol. The molecule has 3 N–H and O–H groups in total. The molecule has 0 spiro atoms. The predicted molar refractivity (Wildman–Crippen MR) is 118 cm³/mol. The first-order chi connectivity index (χ1) is 15.4. The number of ether oxygens (including phenoxy) is 2. The van der Waals surface area contributed by atoms with Crippen molar-refractivity contribution in [2.24, 2.45) is 0 Å². The highest BCUT2D eigenvalue weighted by atomic mass is 16.5. The first kappa shape index (κ1) is 23.3. The van der Waals surface area contributed by atoms with Crippen LogP contribution in [0.2, 0.25) is 0 Å². The molecule has 170 valence electrons. The van der Waals surface area contributed by atoms with E-state index < -0.39 is 24.2 Å². The second kappa shape index (κ2) is 10.8. The number of carboxylic acids is 1. The number of rotatable bonds is 10. The lowest BCUT2D eigenvalue weighted by Gasteiger charge is -2.18. The maximum absolute atomic E-state index is 12.3. The Hall–Kier alpha value is -3.39. The van der Waals surface area contributed by atoms with Crippen molar-refractivity contribution in [2.45, 2.75) is 37.8 Å². The van der Waals surface area contributed by atoms with E-state index in [2.05, 4.69) is 22.8 Å². The smallest absolute Gasteiger partial charge is 0.407 e. The molecular formula is C24H28N2O6. The first-order valence-corrected chi connectivity index (χ1v) is 10.5. The van der Waals surface area contributed by atoms with E-state index in [4.69, 9.17) is 14.6 Å². The Labute approximate surface area is 186 Å². The molecule has 3 rings (SSSR count). The van der Waals surface area contributed by atoms with Crippen LogP contribution in [0.5, 0.6) is 0 Å². The summed E-state index contributed by atoms with van der Waals surface area (Å²) in [6.07, 6.45) is -1.37. The molecule has 0 radical (unpaired) electrons. The normalized spacial score (nSPS) is 14.1. The monoisotopic (exact) mass is 440 g/mol. The van der Waals surface area contributed by atoms with Gasteiger partial charge in [-0.15, -0.1) is 0 Å². The number of carbonyl (C=O) groups is 3. The largest absolute Gasteiger partial charge is 0.481 e. The third kappa shape index (κ3) is 5.85. The van der Waals surface area contributed by atoms with E-state index in [0.29, 0.717) is 0 Å². The van der Waals surface area contributed by atoms with Crippen LogP contribution in [-0.2, 0) is 19.1 Å². The second-order valence-electron chi connectivity index (χ2n) is 7.83. The van der Waals surface area contributed by atoms with Crippen molar-refractivity contribution in [3.05, 3.63) is 59.7 Å². The summed E-state index contributed by atoms with van der Waals surface area (Å²) < 4.78 is 10.5. The van der Waals surface area contributed by atoms with E-state index in [1.54, 1.807) is 6.92 Å². The van der Waals surface area contributed by atoms with Gasteiger partial charge in [-0.3, -0.25) is 9.59 Å². The molecule has 8 heteroatoms. The maximum atomic E-state index is 12.3. The van der Waals surface area contributed by atoms with Gasteiger partial charge in [0.2, 0.25) is 5.91 Å². The molecule has 2 aromatic carbocycles.